The van der Waals surface area contributed by atoms with E-state index in [2.05, 4.69) is 15.7 Å². The summed E-state index contributed by atoms with van der Waals surface area (Å²) in [6.45, 7) is 0.493. The summed E-state index contributed by atoms with van der Waals surface area (Å²) in [7, 11) is 0. The van der Waals surface area contributed by atoms with Crippen molar-refractivity contribution < 1.29 is 4.79 Å². The number of hydrogen-bond acceptors (Lipinski definition) is 4. The van der Waals surface area contributed by atoms with Gasteiger partial charge in [0.05, 0.1) is 10.6 Å². The van der Waals surface area contributed by atoms with Gasteiger partial charge in [0.25, 0.3) is 5.91 Å². The first-order chi connectivity index (χ1) is 11.8. The van der Waals surface area contributed by atoms with Crippen molar-refractivity contribution in [1.82, 2.24) is 10.3 Å². The van der Waals surface area contributed by atoms with E-state index in [9.17, 15) is 4.79 Å². The van der Waals surface area contributed by atoms with Gasteiger partial charge in [-0.1, -0.05) is 18.2 Å². The van der Waals surface area contributed by atoms with Crippen molar-refractivity contribution >= 4 is 38.7 Å². The number of rotatable bonds is 4. The van der Waals surface area contributed by atoms with E-state index in [-0.39, 0.29) is 5.91 Å². The Morgan fingerprint density at radius 3 is 2.88 bits per heavy atom. The Kier molecular flexibility index (Phi) is 4.11. The number of carbonyl (C=O) groups is 1. The highest BCUT2D eigenvalue weighted by molar-refractivity contribution is 7.20. The lowest BCUT2D eigenvalue weighted by Gasteiger charge is -2.05. The predicted molar refractivity (Wildman–Crippen MR) is 101 cm³/mol. The number of amides is 1. The van der Waals surface area contributed by atoms with Crippen molar-refractivity contribution in [2.45, 2.75) is 6.54 Å². The molecular formula is C19H14N2OS2. The van der Waals surface area contributed by atoms with Gasteiger partial charge >= 0.3 is 0 Å². The van der Waals surface area contributed by atoms with Crippen LogP contribution in [0.25, 0.3) is 21.3 Å². The first kappa shape index (κ1) is 15.1. The van der Waals surface area contributed by atoms with Crippen LogP contribution in [-0.4, -0.2) is 10.9 Å². The van der Waals surface area contributed by atoms with Gasteiger partial charge in [-0.2, -0.15) is 11.3 Å². The van der Waals surface area contributed by atoms with Crippen molar-refractivity contribution in [2.75, 3.05) is 0 Å². The molecule has 3 aromatic heterocycles. The van der Waals surface area contributed by atoms with E-state index < -0.39 is 0 Å². The van der Waals surface area contributed by atoms with Gasteiger partial charge in [0, 0.05) is 28.4 Å². The molecule has 0 bridgehead atoms. The summed E-state index contributed by atoms with van der Waals surface area (Å²) in [6, 6.07) is 16.0. The maximum atomic E-state index is 12.4. The minimum absolute atomic E-state index is 0.0369. The number of pyridine rings is 1. The molecule has 118 valence electrons. The predicted octanol–water partition coefficient (Wildman–Crippen LogP) is 4.95. The summed E-state index contributed by atoms with van der Waals surface area (Å²) in [5, 5.41) is 8.21. The van der Waals surface area contributed by atoms with E-state index in [1.807, 2.05) is 53.9 Å². The number of aromatic nitrogens is 1. The van der Waals surface area contributed by atoms with Crippen molar-refractivity contribution in [3.63, 3.8) is 0 Å². The highest BCUT2D eigenvalue weighted by Crippen LogP contribution is 2.25. The molecule has 0 aliphatic heterocycles. The Morgan fingerprint density at radius 2 is 2.04 bits per heavy atom. The highest BCUT2D eigenvalue weighted by Gasteiger charge is 2.10. The van der Waals surface area contributed by atoms with Crippen LogP contribution >= 0.6 is 22.7 Å². The van der Waals surface area contributed by atoms with E-state index in [1.54, 1.807) is 17.5 Å². The zero-order valence-corrected chi connectivity index (χ0v) is 14.4. The van der Waals surface area contributed by atoms with Crippen molar-refractivity contribution in [3.8, 4) is 11.3 Å². The van der Waals surface area contributed by atoms with E-state index in [0.717, 1.165) is 31.8 Å². The second-order valence-corrected chi connectivity index (χ2v) is 7.26. The second-order valence-electron chi connectivity index (χ2n) is 5.39. The molecule has 0 atom stereocenters. The standard InChI is InChI=1S/C19H14N2OS2/c22-19(18-10-14-3-1-2-4-17(14)24-18)21-11-13-5-7-20-16(9-13)15-6-8-23-12-15/h1-10,12H,11H2,(H,21,22). The van der Waals surface area contributed by atoms with Crippen molar-refractivity contribution in [2.24, 2.45) is 0 Å². The topological polar surface area (TPSA) is 42.0 Å². The van der Waals surface area contributed by atoms with Gasteiger partial charge in [-0.3, -0.25) is 9.78 Å². The zero-order chi connectivity index (χ0) is 16.4. The van der Waals surface area contributed by atoms with Crippen LogP contribution in [0.4, 0.5) is 0 Å². The van der Waals surface area contributed by atoms with Gasteiger partial charge in [0.15, 0.2) is 0 Å². The average molecular weight is 350 g/mol. The molecule has 5 heteroatoms. The van der Waals surface area contributed by atoms with Gasteiger partial charge in [0.2, 0.25) is 0 Å². The Labute approximate surface area is 147 Å². The molecule has 0 aliphatic carbocycles. The normalized spacial score (nSPS) is 10.8. The molecule has 3 nitrogen and oxygen atoms in total. The molecule has 0 fully saturated rings. The molecule has 0 saturated carbocycles. The Hall–Kier alpha value is -2.50. The van der Waals surface area contributed by atoms with Gasteiger partial charge in [-0.15, -0.1) is 11.3 Å². The first-order valence-electron chi connectivity index (χ1n) is 7.54. The van der Waals surface area contributed by atoms with E-state index in [1.165, 1.54) is 11.3 Å². The van der Waals surface area contributed by atoms with Crippen molar-refractivity contribution in [1.29, 1.82) is 0 Å². The van der Waals surface area contributed by atoms with Gasteiger partial charge in [-0.05, 0) is 46.7 Å². The van der Waals surface area contributed by atoms with Crippen LogP contribution in [0, 0.1) is 0 Å². The summed E-state index contributed by atoms with van der Waals surface area (Å²) in [4.78, 5) is 17.5. The van der Waals surface area contributed by atoms with Gasteiger partial charge in [-0.25, -0.2) is 0 Å². The second kappa shape index (κ2) is 6.55. The van der Waals surface area contributed by atoms with Crippen molar-refractivity contribution in [3.05, 3.63) is 75.9 Å². The smallest absolute Gasteiger partial charge is 0.261 e. The summed E-state index contributed by atoms with van der Waals surface area (Å²) in [5.41, 5.74) is 3.09. The van der Waals surface area contributed by atoms with E-state index >= 15 is 0 Å². The van der Waals surface area contributed by atoms with Crippen LogP contribution in [-0.2, 0) is 6.54 Å². The van der Waals surface area contributed by atoms with Crippen LogP contribution in [0.5, 0.6) is 0 Å². The molecule has 4 rings (SSSR count). The fourth-order valence-electron chi connectivity index (χ4n) is 2.52. The van der Waals surface area contributed by atoms with Crippen LogP contribution in [0.15, 0.2) is 65.5 Å². The Bertz CT molecular complexity index is 956. The minimum Gasteiger partial charge on any atom is -0.347 e. The lowest BCUT2D eigenvalue weighted by molar-refractivity contribution is 0.0955. The minimum atomic E-state index is -0.0369. The maximum Gasteiger partial charge on any atom is 0.261 e. The van der Waals surface area contributed by atoms with Crippen LogP contribution in [0.3, 0.4) is 0 Å². The number of nitrogens with zero attached hydrogens (tertiary/aromatic N) is 1. The fraction of sp³-hybridized carbons (Fsp3) is 0.0526. The third-order valence-corrected chi connectivity index (χ3v) is 5.54. The van der Waals surface area contributed by atoms with Crippen LogP contribution < -0.4 is 5.32 Å². The van der Waals surface area contributed by atoms with Crippen LogP contribution in [0.1, 0.15) is 15.2 Å². The van der Waals surface area contributed by atoms with Gasteiger partial charge in [0.1, 0.15) is 0 Å². The molecule has 0 aliphatic rings. The summed E-state index contributed by atoms with van der Waals surface area (Å²) >= 11 is 3.17. The quantitative estimate of drug-likeness (QED) is 0.565. The van der Waals surface area contributed by atoms with E-state index in [0.29, 0.717) is 6.54 Å². The molecule has 0 spiro atoms. The molecule has 3 heterocycles. The molecule has 24 heavy (non-hydrogen) atoms. The van der Waals surface area contributed by atoms with Crippen LogP contribution in [0.2, 0.25) is 0 Å². The first-order valence-corrected chi connectivity index (χ1v) is 9.30. The molecule has 1 aromatic carbocycles. The molecule has 0 saturated heterocycles. The molecule has 0 radical (unpaired) electrons. The number of benzene rings is 1. The molecular weight excluding hydrogens is 336 g/mol. The number of thiophene rings is 2. The molecule has 4 aromatic rings. The third-order valence-electron chi connectivity index (χ3n) is 3.74. The lowest BCUT2D eigenvalue weighted by atomic mass is 10.1. The Morgan fingerprint density at radius 1 is 1.12 bits per heavy atom. The molecule has 1 amide bonds. The number of carbonyl (C=O) groups excluding carboxylic acids is 1. The third kappa shape index (κ3) is 3.09. The lowest BCUT2D eigenvalue weighted by Crippen LogP contribution is -2.21. The summed E-state index contributed by atoms with van der Waals surface area (Å²) in [5.74, 6) is -0.0369. The number of hydrogen-bond donors (Lipinski definition) is 1. The molecule has 1 N–H and O–H groups in total. The Balaban J connectivity index is 1.48. The largest absolute Gasteiger partial charge is 0.347 e. The zero-order valence-electron chi connectivity index (χ0n) is 12.7. The van der Waals surface area contributed by atoms with E-state index in [4.69, 9.17) is 0 Å². The summed E-state index contributed by atoms with van der Waals surface area (Å²) in [6.07, 6.45) is 1.79. The monoisotopic (exact) mass is 350 g/mol. The number of fused-ring (bicyclic) bond motifs is 1. The number of nitrogens with one attached hydrogen (secondary N) is 1. The van der Waals surface area contributed by atoms with Gasteiger partial charge < -0.3 is 5.32 Å². The highest BCUT2D eigenvalue weighted by atomic mass is 32.1. The fourth-order valence-corrected chi connectivity index (χ4v) is 4.14. The average Bonchev–Trinajstić information content (AvgIpc) is 3.29. The molecule has 0 unspecified atom stereocenters. The summed E-state index contributed by atoms with van der Waals surface area (Å²) < 4.78 is 1.13. The SMILES string of the molecule is O=C(NCc1ccnc(-c2ccsc2)c1)c1cc2ccccc2s1. The maximum absolute atomic E-state index is 12.4.